The molecule has 0 N–H and O–H groups in total. The molecule has 0 spiro atoms. The van der Waals surface area contributed by atoms with Crippen LogP contribution in [0.2, 0.25) is 0 Å². The molecular weight excluding hydrogens is 132 g/mol. The lowest BCUT2D eigenvalue weighted by molar-refractivity contribution is -0.0316. The second kappa shape index (κ2) is 3.16. The van der Waals surface area contributed by atoms with Crippen LogP contribution in [0.15, 0.2) is 0 Å². The van der Waals surface area contributed by atoms with Crippen LogP contribution in [0.5, 0.6) is 0 Å². The molecular formula is C11H22. The summed E-state index contributed by atoms with van der Waals surface area (Å²) in [4.78, 5) is 0. The third-order valence-corrected chi connectivity index (χ3v) is 3.85. The standard InChI is InChI=1S/C11H22/c1-6-10-8(4)9(5)11(10)7(2)3/h7-11H,6H2,1-5H3. The Bertz CT molecular complexity index is 126. The zero-order valence-corrected chi connectivity index (χ0v) is 8.59. The predicted octanol–water partition coefficient (Wildman–Crippen LogP) is 3.57. The molecule has 4 unspecified atom stereocenters. The highest BCUT2D eigenvalue weighted by Crippen LogP contribution is 2.50. The molecule has 0 aromatic heterocycles. The Morgan fingerprint density at radius 2 is 1.64 bits per heavy atom. The van der Waals surface area contributed by atoms with Crippen LogP contribution in [-0.2, 0) is 0 Å². The summed E-state index contributed by atoms with van der Waals surface area (Å²) in [6.45, 7) is 11.9. The van der Waals surface area contributed by atoms with Gasteiger partial charge in [-0.15, -0.1) is 0 Å². The molecule has 1 rings (SSSR count). The van der Waals surface area contributed by atoms with Gasteiger partial charge >= 0.3 is 0 Å². The summed E-state index contributed by atoms with van der Waals surface area (Å²) in [7, 11) is 0. The number of hydrogen-bond acceptors (Lipinski definition) is 0. The highest BCUT2D eigenvalue weighted by Gasteiger charge is 2.44. The molecule has 0 aromatic rings. The van der Waals surface area contributed by atoms with E-state index in [0.717, 1.165) is 29.6 Å². The van der Waals surface area contributed by atoms with Crippen LogP contribution in [-0.4, -0.2) is 0 Å². The van der Waals surface area contributed by atoms with Gasteiger partial charge in [0.15, 0.2) is 0 Å². The molecule has 0 nitrogen and oxygen atoms in total. The summed E-state index contributed by atoms with van der Waals surface area (Å²) in [6, 6.07) is 0. The van der Waals surface area contributed by atoms with Crippen LogP contribution in [0.3, 0.4) is 0 Å². The van der Waals surface area contributed by atoms with Gasteiger partial charge in [0.05, 0.1) is 0 Å². The first kappa shape index (κ1) is 9.09. The van der Waals surface area contributed by atoms with Crippen molar-refractivity contribution >= 4 is 0 Å². The Labute approximate surface area is 71.4 Å². The minimum Gasteiger partial charge on any atom is -0.0651 e. The average molecular weight is 154 g/mol. The van der Waals surface area contributed by atoms with Gasteiger partial charge in [0.25, 0.3) is 0 Å². The van der Waals surface area contributed by atoms with Gasteiger partial charge in [-0.3, -0.25) is 0 Å². The molecule has 0 bridgehead atoms. The lowest BCUT2D eigenvalue weighted by Crippen LogP contribution is -2.46. The summed E-state index contributed by atoms with van der Waals surface area (Å²) in [5.41, 5.74) is 0. The molecule has 0 radical (unpaired) electrons. The van der Waals surface area contributed by atoms with Crippen molar-refractivity contribution in [3.63, 3.8) is 0 Å². The van der Waals surface area contributed by atoms with E-state index in [2.05, 4.69) is 34.6 Å². The Morgan fingerprint density at radius 1 is 1.09 bits per heavy atom. The lowest BCUT2D eigenvalue weighted by atomic mass is 9.54. The minimum absolute atomic E-state index is 0.895. The Hall–Kier alpha value is 0. The largest absolute Gasteiger partial charge is 0.0651 e. The molecule has 0 saturated heterocycles. The highest BCUT2D eigenvalue weighted by molar-refractivity contribution is 4.92. The monoisotopic (exact) mass is 154 g/mol. The van der Waals surface area contributed by atoms with Crippen molar-refractivity contribution in [1.29, 1.82) is 0 Å². The van der Waals surface area contributed by atoms with Crippen LogP contribution in [0.4, 0.5) is 0 Å². The average Bonchev–Trinajstić information content (AvgIpc) is 1.96. The van der Waals surface area contributed by atoms with Gasteiger partial charge in [-0.2, -0.15) is 0 Å². The maximum Gasteiger partial charge on any atom is -0.0332 e. The number of rotatable bonds is 2. The van der Waals surface area contributed by atoms with E-state index >= 15 is 0 Å². The van der Waals surface area contributed by atoms with Gasteiger partial charge in [-0.05, 0) is 29.6 Å². The lowest BCUT2D eigenvalue weighted by Gasteiger charge is -2.51. The van der Waals surface area contributed by atoms with Crippen LogP contribution in [0.1, 0.15) is 41.0 Å². The second-order valence-electron chi connectivity index (χ2n) is 4.61. The van der Waals surface area contributed by atoms with E-state index in [0.29, 0.717) is 0 Å². The molecule has 1 saturated carbocycles. The normalized spacial score (nSPS) is 44.2. The molecule has 1 fully saturated rings. The van der Waals surface area contributed by atoms with Crippen molar-refractivity contribution in [3.8, 4) is 0 Å². The molecule has 0 amide bonds. The van der Waals surface area contributed by atoms with Crippen LogP contribution < -0.4 is 0 Å². The predicted molar refractivity (Wildman–Crippen MR) is 50.4 cm³/mol. The topological polar surface area (TPSA) is 0 Å². The first-order valence-corrected chi connectivity index (χ1v) is 5.09. The fraction of sp³-hybridized carbons (Fsp3) is 1.00. The van der Waals surface area contributed by atoms with Gasteiger partial charge in [0, 0.05) is 0 Å². The summed E-state index contributed by atoms with van der Waals surface area (Å²) in [5.74, 6) is 4.87. The van der Waals surface area contributed by atoms with E-state index < -0.39 is 0 Å². The molecule has 0 heteroatoms. The van der Waals surface area contributed by atoms with E-state index in [4.69, 9.17) is 0 Å². The highest BCUT2D eigenvalue weighted by atomic mass is 14.5. The van der Waals surface area contributed by atoms with Crippen molar-refractivity contribution in [2.45, 2.75) is 41.0 Å². The van der Waals surface area contributed by atoms with Crippen molar-refractivity contribution in [2.75, 3.05) is 0 Å². The molecule has 1 aliphatic carbocycles. The Morgan fingerprint density at radius 3 is 1.91 bits per heavy atom. The van der Waals surface area contributed by atoms with Crippen LogP contribution in [0.25, 0.3) is 0 Å². The SMILES string of the molecule is CCC1C(C)C(C)C1C(C)C. The smallest absolute Gasteiger partial charge is 0.0332 e. The minimum atomic E-state index is 0.895. The Kier molecular flexibility index (Phi) is 2.61. The van der Waals surface area contributed by atoms with E-state index in [1.54, 1.807) is 0 Å². The van der Waals surface area contributed by atoms with Crippen LogP contribution in [0, 0.1) is 29.6 Å². The molecule has 1 aliphatic rings. The third kappa shape index (κ3) is 1.32. The fourth-order valence-electron chi connectivity index (χ4n) is 3.08. The van der Waals surface area contributed by atoms with Gasteiger partial charge in [0.1, 0.15) is 0 Å². The molecule has 11 heavy (non-hydrogen) atoms. The number of hydrogen-bond donors (Lipinski definition) is 0. The summed E-state index contributed by atoms with van der Waals surface area (Å²) in [6.07, 6.45) is 1.38. The first-order valence-electron chi connectivity index (χ1n) is 5.09. The van der Waals surface area contributed by atoms with Crippen molar-refractivity contribution in [2.24, 2.45) is 29.6 Å². The van der Waals surface area contributed by atoms with Gasteiger partial charge in [-0.1, -0.05) is 41.0 Å². The maximum absolute atomic E-state index is 2.42. The van der Waals surface area contributed by atoms with E-state index in [1.807, 2.05) is 0 Å². The molecule has 4 atom stereocenters. The second-order valence-corrected chi connectivity index (χ2v) is 4.61. The third-order valence-electron chi connectivity index (χ3n) is 3.85. The van der Waals surface area contributed by atoms with Crippen LogP contribution >= 0.6 is 0 Å². The van der Waals surface area contributed by atoms with Crippen molar-refractivity contribution in [3.05, 3.63) is 0 Å². The van der Waals surface area contributed by atoms with E-state index in [1.165, 1.54) is 6.42 Å². The maximum atomic E-state index is 2.42. The van der Waals surface area contributed by atoms with Crippen molar-refractivity contribution < 1.29 is 0 Å². The summed E-state index contributed by atoms with van der Waals surface area (Å²) < 4.78 is 0. The van der Waals surface area contributed by atoms with Gasteiger partial charge < -0.3 is 0 Å². The zero-order chi connectivity index (χ0) is 8.59. The van der Waals surface area contributed by atoms with Gasteiger partial charge in [-0.25, -0.2) is 0 Å². The molecule has 66 valence electrons. The van der Waals surface area contributed by atoms with Crippen molar-refractivity contribution in [1.82, 2.24) is 0 Å². The summed E-state index contributed by atoms with van der Waals surface area (Å²) >= 11 is 0. The summed E-state index contributed by atoms with van der Waals surface area (Å²) in [5, 5.41) is 0. The first-order chi connectivity index (χ1) is 5.09. The Balaban J connectivity index is 2.53. The molecule has 0 heterocycles. The van der Waals surface area contributed by atoms with E-state index in [-0.39, 0.29) is 0 Å². The molecule has 0 aromatic carbocycles. The zero-order valence-electron chi connectivity index (χ0n) is 8.59. The van der Waals surface area contributed by atoms with E-state index in [9.17, 15) is 0 Å². The van der Waals surface area contributed by atoms with Gasteiger partial charge in [0.2, 0.25) is 0 Å². The fourth-order valence-corrected chi connectivity index (χ4v) is 3.08. The molecule has 0 aliphatic heterocycles. The quantitative estimate of drug-likeness (QED) is 0.570.